The molecule has 0 saturated heterocycles. The predicted molar refractivity (Wildman–Crippen MR) is 102 cm³/mol. The second-order valence-corrected chi connectivity index (χ2v) is 8.97. The van der Waals surface area contributed by atoms with Gasteiger partial charge in [0, 0.05) is 0 Å². The van der Waals surface area contributed by atoms with Crippen LogP contribution in [0.5, 0.6) is 0 Å². The molecule has 0 bridgehead atoms. The number of hydrogen-bond donors (Lipinski definition) is 3. The number of aliphatic hydroxyl groups is 3. The van der Waals surface area contributed by atoms with Crippen molar-refractivity contribution in [2.75, 3.05) is 0 Å². The Morgan fingerprint density at radius 2 is 1.37 bits per heavy atom. The summed E-state index contributed by atoms with van der Waals surface area (Å²) in [5.74, 6) is 0. The molecule has 1 aliphatic carbocycles. The van der Waals surface area contributed by atoms with Crippen LogP contribution in [-0.2, 0) is 0 Å². The van der Waals surface area contributed by atoms with Crippen LogP contribution in [0.3, 0.4) is 0 Å². The first-order chi connectivity index (χ1) is 13.6. The third-order valence-electron chi connectivity index (χ3n) is 5.56. The molecule has 0 radical (unpaired) electrons. The summed E-state index contributed by atoms with van der Waals surface area (Å²) in [5.41, 5.74) is -4.17. The maximum atomic E-state index is 12.7. The van der Waals surface area contributed by atoms with E-state index in [9.17, 15) is 41.7 Å². The monoisotopic (exact) mass is 446 g/mol. The quantitative estimate of drug-likeness (QED) is 0.319. The summed E-state index contributed by atoms with van der Waals surface area (Å²) >= 11 is 0. The van der Waals surface area contributed by atoms with Crippen molar-refractivity contribution in [2.45, 2.75) is 102 Å². The van der Waals surface area contributed by atoms with Crippen LogP contribution in [0, 0.1) is 5.41 Å². The maximum Gasteiger partial charge on any atom is 0.426 e. The highest BCUT2D eigenvalue weighted by Gasteiger charge is 2.69. The molecule has 0 heterocycles. The summed E-state index contributed by atoms with van der Waals surface area (Å²) < 4.78 is 76.3. The Morgan fingerprint density at radius 1 is 0.867 bits per heavy atom. The molecule has 30 heavy (non-hydrogen) atoms. The lowest BCUT2D eigenvalue weighted by molar-refractivity contribution is -0.370. The number of halogens is 6. The van der Waals surface area contributed by atoms with Crippen molar-refractivity contribution in [3.05, 3.63) is 23.8 Å². The fraction of sp³-hybridized carbons (Fsp3) is 0.810. The first kappa shape index (κ1) is 27.0. The van der Waals surface area contributed by atoms with Gasteiger partial charge in [0.1, 0.15) is 0 Å². The Bertz CT molecular complexity index is 567. The Morgan fingerprint density at radius 3 is 1.87 bits per heavy atom. The van der Waals surface area contributed by atoms with E-state index in [2.05, 4.69) is 0 Å². The third kappa shape index (κ3) is 8.23. The topological polar surface area (TPSA) is 60.7 Å². The summed E-state index contributed by atoms with van der Waals surface area (Å²) in [6, 6.07) is 0. The molecule has 9 heteroatoms. The minimum atomic E-state index is -5.76. The van der Waals surface area contributed by atoms with E-state index in [1.54, 1.807) is 13.8 Å². The van der Waals surface area contributed by atoms with Crippen LogP contribution in [0.2, 0.25) is 0 Å². The molecule has 0 aliphatic heterocycles. The zero-order chi connectivity index (χ0) is 23.2. The van der Waals surface area contributed by atoms with Gasteiger partial charge in [-0.05, 0) is 63.2 Å². The molecular weight excluding hydrogens is 414 g/mol. The number of alkyl halides is 6. The molecule has 0 amide bonds. The number of unbranched alkanes of at least 4 members (excludes halogenated alkanes) is 1. The summed E-state index contributed by atoms with van der Waals surface area (Å²) in [6.07, 6.45) is -5.26. The molecule has 176 valence electrons. The Hall–Kier alpha value is -1.06. The van der Waals surface area contributed by atoms with Gasteiger partial charge in [-0.1, -0.05) is 37.6 Å². The standard InChI is InChI=1S/C21H32F6O3/c1-18(2,10-7-11-19(30,20(22,23)24)21(25,26)27)9-6-4-3-5-8-15-12-16(28)14-17(29)13-15/h3,5,8,16-17,28-30H,4,6-7,9-14H2,1-2H3/b5-3+,15-8?. The maximum absolute atomic E-state index is 12.7. The van der Waals surface area contributed by atoms with Crippen molar-refractivity contribution >= 4 is 0 Å². The van der Waals surface area contributed by atoms with Crippen LogP contribution in [0.4, 0.5) is 26.3 Å². The highest BCUT2D eigenvalue weighted by molar-refractivity contribution is 5.16. The Kier molecular flexibility index (Phi) is 9.44. The molecule has 3 nitrogen and oxygen atoms in total. The number of rotatable bonds is 9. The largest absolute Gasteiger partial charge is 0.426 e. The number of allylic oxidation sites excluding steroid dienone is 3. The van der Waals surface area contributed by atoms with Gasteiger partial charge in [-0.2, -0.15) is 26.3 Å². The number of aliphatic hydroxyl groups excluding tert-OH is 2. The summed E-state index contributed by atoms with van der Waals surface area (Å²) in [5, 5.41) is 28.4. The van der Waals surface area contributed by atoms with Crippen LogP contribution in [0.25, 0.3) is 0 Å². The van der Waals surface area contributed by atoms with E-state index < -0.39 is 48.4 Å². The van der Waals surface area contributed by atoms with E-state index in [4.69, 9.17) is 0 Å². The third-order valence-corrected chi connectivity index (χ3v) is 5.56. The minimum Gasteiger partial charge on any atom is -0.393 e. The molecule has 2 atom stereocenters. The van der Waals surface area contributed by atoms with E-state index in [1.165, 1.54) is 0 Å². The molecule has 0 spiro atoms. The normalized spacial score (nSPS) is 22.0. The summed E-state index contributed by atoms with van der Waals surface area (Å²) in [4.78, 5) is 0. The van der Waals surface area contributed by atoms with Gasteiger partial charge in [0.05, 0.1) is 12.2 Å². The molecule has 0 aromatic heterocycles. The molecule has 1 aliphatic rings. The Balaban J connectivity index is 2.42. The number of hydrogen-bond acceptors (Lipinski definition) is 3. The lowest BCUT2D eigenvalue weighted by atomic mass is 9.80. The van der Waals surface area contributed by atoms with Crippen molar-refractivity contribution < 1.29 is 41.7 Å². The van der Waals surface area contributed by atoms with Crippen LogP contribution in [-0.4, -0.2) is 45.5 Å². The van der Waals surface area contributed by atoms with Crippen LogP contribution in [0.15, 0.2) is 23.8 Å². The van der Waals surface area contributed by atoms with Crippen LogP contribution < -0.4 is 0 Å². The van der Waals surface area contributed by atoms with Gasteiger partial charge in [-0.15, -0.1) is 0 Å². The van der Waals surface area contributed by atoms with Crippen LogP contribution in [0.1, 0.15) is 71.6 Å². The smallest absolute Gasteiger partial charge is 0.393 e. The average molecular weight is 446 g/mol. The van der Waals surface area contributed by atoms with Gasteiger partial charge in [0.25, 0.3) is 5.60 Å². The molecule has 1 fully saturated rings. The van der Waals surface area contributed by atoms with Gasteiger partial charge in [0.15, 0.2) is 0 Å². The second-order valence-electron chi connectivity index (χ2n) is 8.97. The molecule has 1 saturated carbocycles. The molecule has 2 unspecified atom stereocenters. The minimum absolute atomic E-state index is 0.130. The van der Waals surface area contributed by atoms with E-state index in [-0.39, 0.29) is 6.42 Å². The first-order valence-electron chi connectivity index (χ1n) is 10.1. The van der Waals surface area contributed by atoms with Crippen molar-refractivity contribution in [3.8, 4) is 0 Å². The SMILES string of the molecule is CC(C)(CCC/C=C/C=C1CC(O)CC(O)C1)CCCC(O)(C(F)(F)F)C(F)(F)F. The summed E-state index contributed by atoms with van der Waals surface area (Å²) in [7, 11) is 0. The van der Waals surface area contributed by atoms with Gasteiger partial charge < -0.3 is 15.3 Å². The zero-order valence-corrected chi connectivity index (χ0v) is 17.4. The lowest BCUT2D eigenvalue weighted by Crippen LogP contribution is -2.56. The molecule has 3 N–H and O–H groups in total. The first-order valence-corrected chi connectivity index (χ1v) is 10.1. The summed E-state index contributed by atoms with van der Waals surface area (Å²) in [6.45, 7) is 3.56. The fourth-order valence-electron chi connectivity index (χ4n) is 3.70. The van der Waals surface area contributed by atoms with E-state index in [1.807, 2.05) is 18.2 Å². The molecule has 0 aromatic carbocycles. The van der Waals surface area contributed by atoms with Gasteiger partial charge in [-0.3, -0.25) is 0 Å². The highest BCUT2D eigenvalue weighted by Crippen LogP contribution is 2.46. The van der Waals surface area contributed by atoms with Gasteiger partial charge in [0.2, 0.25) is 0 Å². The lowest BCUT2D eigenvalue weighted by Gasteiger charge is -2.33. The Labute approximate surface area is 173 Å². The van der Waals surface area contributed by atoms with Crippen molar-refractivity contribution in [1.82, 2.24) is 0 Å². The predicted octanol–water partition coefficient (Wildman–Crippen LogP) is 5.60. The zero-order valence-electron chi connectivity index (χ0n) is 17.4. The molecule has 0 aromatic rings. The highest BCUT2D eigenvalue weighted by atomic mass is 19.4. The van der Waals surface area contributed by atoms with E-state index in [0.717, 1.165) is 5.57 Å². The van der Waals surface area contributed by atoms with Crippen molar-refractivity contribution in [3.63, 3.8) is 0 Å². The van der Waals surface area contributed by atoms with Gasteiger partial charge in [-0.25, -0.2) is 0 Å². The second kappa shape index (κ2) is 10.5. The van der Waals surface area contributed by atoms with E-state index >= 15 is 0 Å². The average Bonchev–Trinajstić information content (AvgIpc) is 2.54. The molecular formula is C21H32F6O3. The van der Waals surface area contributed by atoms with Crippen molar-refractivity contribution in [2.24, 2.45) is 5.41 Å². The van der Waals surface area contributed by atoms with E-state index in [0.29, 0.717) is 38.5 Å². The van der Waals surface area contributed by atoms with Gasteiger partial charge >= 0.3 is 12.4 Å². The van der Waals surface area contributed by atoms with Crippen molar-refractivity contribution in [1.29, 1.82) is 0 Å². The molecule has 1 rings (SSSR count). The van der Waals surface area contributed by atoms with Crippen LogP contribution >= 0.6 is 0 Å². The fourth-order valence-corrected chi connectivity index (χ4v) is 3.70.